The number of hydrogen-bond donors (Lipinski definition) is 3. The van der Waals surface area contributed by atoms with Gasteiger partial charge in [-0.05, 0) is 59.2 Å². The Hall–Kier alpha value is -2.82. The molecule has 1 amide bonds. The van der Waals surface area contributed by atoms with Crippen LogP contribution in [0.4, 0.5) is 30.6 Å². The lowest BCUT2D eigenvalue weighted by Gasteiger charge is -2.26. The lowest BCUT2D eigenvalue weighted by Crippen LogP contribution is -2.35. The molecule has 3 heterocycles. The monoisotopic (exact) mass is 494 g/mol. The fourth-order valence-corrected chi connectivity index (χ4v) is 4.31. The molecule has 8 nitrogen and oxygen atoms in total. The number of pyridine rings is 1. The number of likely N-dealkylation sites (tertiary alicyclic amines) is 1. The minimum atomic E-state index is -4.55. The molecule has 2 aliphatic rings. The van der Waals surface area contributed by atoms with Crippen LogP contribution < -0.4 is 16.0 Å². The summed E-state index contributed by atoms with van der Waals surface area (Å²) in [5.41, 5.74) is -0.284. The van der Waals surface area contributed by atoms with Crippen LogP contribution in [0, 0.1) is 12.8 Å². The number of carbonyl (C=O) groups is 1. The summed E-state index contributed by atoms with van der Waals surface area (Å²) in [6.45, 7) is 4.42. The molecule has 11 heteroatoms. The molecule has 0 aromatic carbocycles. The van der Waals surface area contributed by atoms with E-state index in [-0.39, 0.29) is 35.8 Å². The van der Waals surface area contributed by atoms with E-state index in [9.17, 15) is 18.0 Å². The highest BCUT2D eigenvalue weighted by Crippen LogP contribution is 2.36. The molecule has 0 spiro atoms. The maximum atomic E-state index is 13.5. The van der Waals surface area contributed by atoms with E-state index in [0.717, 1.165) is 51.4 Å². The van der Waals surface area contributed by atoms with Gasteiger partial charge in [-0.2, -0.15) is 13.2 Å². The number of nitrogens with zero attached hydrogens (tertiary/aromatic N) is 3. The van der Waals surface area contributed by atoms with Crippen LogP contribution in [0.3, 0.4) is 0 Å². The molecule has 2 aromatic heterocycles. The van der Waals surface area contributed by atoms with Crippen LogP contribution in [-0.2, 0) is 11.0 Å². The summed E-state index contributed by atoms with van der Waals surface area (Å²) < 4.78 is 46.5. The number of halogens is 3. The fourth-order valence-electron chi connectivity index (χ4n) is 4.31. The van der Waals surface area contributed by atoms with Gasteiger partial charge in [0.25, 0.3) is 0 Å². The number of alkyl halides is 3. The Balaban J connectivity index is 1.38. The Morgan fingerprint density at radius 1 is 1.20 bits per heavy atom. The minimum Gasteiger partial charge on any atom is -0.424 e. The lowest BCUT2D eigenvalue weighted by atomic mass is 9.85. The Morgan fingerprint density at radius 3 is 2.60 bits per heavy atom. The van der Waals surface area contributed by atoms with Crippen molar-refractivity contribution >= 4 is 23.3 Å². The normalized spacial score (nSPS) is 17.7. The summed E-state index contributed by atoms with van der Waals surface area (Å²) in [5.74, 6) is 1.61. The van der Waals surface area contributed by atoms with Gasteiger partial charge in [-0.1, -0.05) is 6.42 Å². The van der Waals surface area contributed by atoms with Crippen molar-refractivity contribution < 1.29 is 22.4 Å². The third-order valence-electron chi connectivity index (χ3n) is 6.78. The van der Waals surface area contributed by atoms with Crippen molar-refractivity contribution in [2.24, 2.45) is 5.92 Å². The quantitative estimate of drug-likeness (QED) is 0.436. The summed E-state index contributed by atoms with van der Waals surface area (Å²) in [5, 5.41) is 8.69. The highest BCUT2D eigenvalue weighted by Gasteiger charge is 2.34. The summed E-state index contributed by atoms with van der Waals surface area (Å²) in [4.78, 5) is 22.6. The van der Waals surface area contributed by atoms with Gasteiger partial charge in [-0.25, -0.2) is 9.97 Å². The maximum Gasteiger partial charge on any atom is 0.419 e. The summed E-state index contributed by atoms with van der Waals surface area (Å²) in [6.07, 6.45) is 1.56. The number of anilines is 3. The molecule has 0 bridgehead atoms. The Morgan fingerprint density at radius 2 is 1.94 bits per heavy atom. The maximum absolute atomic E-state index is 13.5. The van der Waals surface area contributed by atoms with Crippen molar-refractivity contribution in [1.29, 1.82) is 0 Å². The summed E-state index contributed by atoms with van der Waals surface area (Å²) in [7, 11) is 2.08. The molecule has 1 saturated carbocycles. The highest BCUT2D eigenvalue weighted by atomic mass is 19.4. The third kappa shape index (κ3) is 6.45. The van der Waals surface area contributed by atoms with Crippen molar-refractivity contribution in [2.45, 2.75) is 57.5 Å². The molecule has 1 saturated heterocycles. The van der Waals surface area contributed by atoms with Crippen LogP contribution in [0.1, 0.15) is 61.6 Å². The average Bonchev–Trinajstić information content (AvgIpc) is 3.12. The number of oxazole rings is 1. The molecule has 2 fully saturated rings. The van der Waals surface area contributed by atoms with E-state index in [0.29, 0.717) is 30.4 Å². The van der Waals surface area contributed by atoms with Gasteiger partial charge in [0.15, 0.2) is 5.89 Å². The second-order valence-corrected chi connectivity index (χ2v) is 9.48. The molecule has 1 aliphatic carbocycles. The predicted molar refractivity (Wildman–Crippen MR) is 127 cm³/mol. The van der Waals surface area contributed by atoms with Crippen molar-refractivity contribution in [3.05, 3.63) is 29.4 Å². The number of hydrogen-bond acceptors (Lipinski definition) is 7. The van der Waals surface area contributed by atoms with Gasteiger partial charge < -0.3 is 25.3 Å². The van der Waals surface area contributed by atoms with Crippen molar-refractivity contribution in [2.75, 3.05) is 43.9 Å². The van der Waals surface area contributed by atoms with E-state index in [1.165, 1.54) is 6.07 Å². The first-order valence-electron chi connectivity index (χ1n) is 12.2. The molecule has 192 valence electrons. The van der Waals surface area contributed by atoms with Crippen molar-refractivity contribution in [3.63, 3.8) is 0 Å². The third-order valence-corrected chi connectivity index (χ3v) is 6.78. The number of aromatic nitrogens is 2. The predicted octanol–water partition coefficient (Wildman–Crippen LogP) is 4.67. The average molecular weight is 495 g/mol. The fraction of sp³-hybridized carbons (Fsp3) is 0.625. The minimum absolute atomic E-state index is 0.0321. The Bertz CT molecular complexity index is 1010. The molecular formula is C24H33F3N6O2. The standard InChI is InChI=1S/C24H33F3N6O2/c1-15-22(35-23(31-15)17-7-11-33(2)12-8-17)32-20-13-19(18(14-30-20)24(25,26)27)28-9-4-10-29-21(34)16-5-3-6-16/h13-14,16-17H,3-12H2,1-2H3,(H,29,34)(H2,28,30,32). The zero-order valence-corrected chi connectivity index (χ0v) is 20.2. The van der Waals surface area contributed by atoms with Crippen LogP contribution in [0.5, 0.6) is 0 Å². The first-order chi connectivity index (χ1) is 16.7. The molecule has 1 aliphatic heterocycles. The molecule has 0 atom stereocenters. The number of piperidine rings is 1. The van der Waals surface area contributed by atoms with Gasteiger partial charge in [-0.15, -0.1) is 0 Å². The molecule has 0 radical (unpaired) electrons. The van der Waals surface area contributed by atoms with Gasteiger partial charge in [0.05, 0.1) is 11.3 Å². The van der Waals surface area contributed by atoms with Gasteiger partial charge >= 0.3 is 6.18 Å². The molecule has 4 rings (SSSR count). The lowest BCUT2D eigenvalue weighted by molar-refractivity contribution is -0.137. The van der Waals surface area contributed by atoms with Gasteiger partial charge in [-0.3, -0.25) is 4.79 Å². The molecule has 35 heavy (non-hydrogen) atoms. The number of carbonyl (C=O) groups excluding carboxylic acids is 1. The molecular weight excluding hydrogens is 461 g/mol. The van der Waals surface area contributed by atoms with Gasteiger partial charge in [0, 0.05) is 37.2 Å². The topological polar surface area (TPSA) is 95.3 Å². The molecule has 2 aromatic rings. The number of nitrogens with one attached hydrogen (secondary N) is 3. The van der Waals surface area contributed by atoms with Crippen LogP contribution in [0.2, 0.25) is 0 Å². The van der Waals surface area contributed by atoms with Crippen LogP contribution in [0.25, 0.3) is 0 Å². The van der Waals surface area contributed by atoms with Gasteiger partial charge in [0.1, 0.15) is 11.5 Å². The second kappa shape index (κ2) is 10.8. The van der Waals surface area contributed by atoms with Crippen LogP contribution in [0.15, 0.2) is 16.7 Å². The molecule has 3 N–H and O–H groups in total. The second-order valence-electron chi connectivity index (χ2n) is 9.48. The van der Waals surface area contributed by atoms with E-state index >= 15 is 0 Å². The first kappa shape index (κ1) is 25.3. The van der Waals surface area contributed by atoms with Gasteiger partial charge in [0.2, 0.25) is 11.8 Å². The summed E-state index contributed by atoms with van der Waals surface area (Å²) in [6, 6.07) is 1.33. The zero-order chi connectivity index (χ0) is 25.0. The van der Waals surface area contributed by atoms with Crippen LogP contribution >= 0.6 is 0 Å². The van der Waals surface area contributed by atoms with E-state index < -0.39 is 11.7 Å². The Kier molecular flexibility index (Phi) is 7.83. The van der Waals surface area contributed by atoms with E-state index in [4.69, 9.17) is 4.42 Å². The highest BCUT2D eigenvalue weighted by molar-refractivity contribution is 5.79. The number of aryl methyl sites for hydroxylation is 1. The smallest absolute Gasteiger partial charge is 0.419 e. The largest absolute Gasteiger partial charge is 0.424 e. The Labute approximate surface area is 203 Å². The van der Waals surface area contributed by atoms with Crippen molar-refractivity contribution in [1.82, 2.24) is 20.2 Å². The molecule has 0 unspecified atom stereocenters. The summed E-state index contributed by atoms with van der Waals surface area (Å²) >= 11 is 0. The van der Waals surface area contributed by atoms with Crippen molar-refractivity contribution in [3.8, 4) is 0 Å². The number of rotatable bonds is 9. The van der Waals surface area contributed by atoms with Crippen LogP contribution in [-0.4, -0.2) is 54.0 Å². The van der Waals surface area contributed by atoms with E-state index in [1.807, 2.05) is 0 Å². The van der Waals surface area contributed by atoms with E-state index in [2.05, 4.69) is 37.9 Å². The van der Waals surface area contributed by atoms with E-state index in [1.54, 1.807) is 6.92 Å². The first-order valence-corrected chi connectivity index (χ1v) is 12.2. The SMILES string of the molecule is Cc1nc(C2CCN(C)CC2)oc1Nc1cc(NCCCNC(=O)C2CCC2)c(C(F)(F)F)cn1. The zero-order valence-electron chi connectivity index (χ0n) is 20.2. The number of amides is 1.